The van der Waals surface area contributed by atoms with Crippen molar-refractivity contribution < 1.29 is 9.53 Å². The fourth-order valence-corrected chi connectivity index (χ4v) is 3.88. The second-order valence-electron chi connectivity index (χ2n) is 7.99. The number of ether oxygens (including phenoxy) is 1. The summed E-state index contributed by atoms with van der Waals surface area (Å²) in [5.41, 5.74) is 1.50. The van der Waals surface area contributed by atoms with Crippen LogP contribution < -0.4 is 10.1 Å². The maximum absolute atomic E-state index is 13.4. The Morgan fingerprint density at radius 3 is 2.50 bits per heavy atom. The Morgan fingerprint density at radius 2 is 1.86 bits per heavy atom. The number of benzene rings is 2. The molecule has 0 bridgehead atoms. The van der Waals surface area contributed by atoms with Gasteiger partial charge in [0.1, 0.15) is 11.8 Å². The van der Waals surface area contributed by atoms with Gasteiger partial charge in [0, 0.05) is 0 Å². The fraction of sp³-hybridized carbons (Fsp3) is 0.417. The van der Waals surface area contributed by atoms with Crippen molar-refractivity contribution >= 4 is 11.6 Å². The number of carbonyl (C=O) groups is 1. The molecule has 2 aromatic carbocycles. The van der Waals surface area contributed by atoms with Crippen LogP contribution in [0.1, 0.15) is 57.1 Å². The largest absolute Gasteiger partial charge is 0.493 e. The first-order valence-corrected chi connectivity index (χ1v) is 10.1. The van der Waals surface area contributed by atoms with Gasteiger partial charge in [0.25, 0.3) is 0 Å². The molecule has 1 amide bonds. The van der Waals surface area contributed by atoms with E-state index in [9.17, 15) is 10.1 Å². The van der Waals surface area contributed by atoms with E-state index >= 15 is 0 Å². The monoisotopic (exact) mass is 376 g/mol. The van der Waals surface area contributed by atoms with E-state index in [0.717, 1.165) is 37.7 Å². The van der Waals surface area contributed by atoms with Gasteiger partial charge in [0.15, 0.2) is 0 Å². The molecule has 0 unspecified atom stereocenters. The molecule has 0 atom stereocenters. The van der Waals surface area contributed by atoms with Crippen LogP contribution >= 0.6 is 0 Å². The van der Waals surface area contributed by atoms with Crippen LogP contribution in [-0.4, -0.2) is 12.5 Å². The van der Waals surface area contributed by atoms with Gasteiger partial charge in [-0.05, 0) is 42.5 Å². The second kappa shape index (κ2) is 8.93. The maximum atomic E-state index is 13.4. The Morgan fingerprint density at radius 1 is 1.14 bits per heavy atom. The fourth-order valence-electron chi connectivity index (χ4n) is 3.88. The minimum absolute atomic E-state index is 0.0225. The van der Waals surface area contributed by atoms with Crippen molar-refractivity contribution in [2.24, 2.45) is 5.92 Å². The lowest BCUT2D eigenvalue weighted by Crippen LogP contribution is -2.42. The molecule has 0 spiro atoms. The molecule has 4 heteroatoms. The molecular weight excluding hydrogens is 348 g/mol. The molecule has 0 aromatic heterocycles. The third kappa shape index (κ3) is 4.36. The Labute approximate surface area is 167 Å². The Hall–Kier alpha value is -2.80. The number of hydrogen-bond acceptors (Lipinski definition) is 3. The predicted molar refractivity (Wildman–Crippen MR) is 111 cm³/mol. The topological polar surface area (TPSA) is 62.1 Å². The number of amides is 1. The number of rotatable bonds is 6. The third-order valence-electron chi connectivity index (χ3n) is 5.41. The van der Waals surface area contributed by atoms with Crippen molar-refractivity contribution in [2.75, 3.05) is 11.9 Å². The molecule has 28 heavy (non-hydrogen) atoms. The minimum atomic E-state index is -0.529. The van der Waals surface area contributed by atoms with Crippen LogP contribution in [0.2, 0.25) is 0 Å². The number of anilines is 1. The first-order valence-electron chi connectivity index (χ1n) is 10.1. The van der Waals surface area contributed by atoms with Gasteiger partial charge in [-0.25, -0.2) is 0 Å². The molecule has 0 radical (unpaired) electrons. The van der Waals surface area contributed by atoms with Gasteiger partial charge >= 0.3 is 0 Å². The number of hydrogen-bond donors (Lipinski definition) is 1. The maximum Gasteiger partial charge on any atom is 0.235 e. The quantitative estimate of drug-likeness (QED) is 0.731. The zero-order valence-corrected chi connectivity index (χ0v) is 16.7. The summed E-state index contributed by atoms with van der Waals surface area (Å²) < 4.78 is 5.71. The summed E-state index contributed by atoms with van der Waals surface area (Å²) in [5.74, 6) is 1.03. The zero-order valence-electron chi connectivity index (χ0n) is 16.7. The molecule has 2 aromatic rings. The van der Waals surface area contributed by atoms with E-state index in [1.165, 1.54) is 0 Å². The van der Waals surface area contributed by atoms with E-state index < -0.39 is 5.41 Å². The summed E-state index contributed by atoms with van der Waals surface area (Å²) in [5, 5.41) is 12.6. The Kier molecular flexibility index (Phi) is 6.36. The van der Waals surface area contributed by atoms with Gasteiger partial charge in [-0.15, -0.1) is 0 Å². The van der Waals surface area contributed by atoms with Crippen LogP contribution in [0.25, 0.3) is 0 Å². The minimum Gasteiger partial charge on any atom is -0.493 e. The van der Waals surface area contributed by atoms with Crippen molar-refractivity contribution in [3.8, 4) is 11.8 Å². The third-order valence-corrected chi connectivity index (χ3v) is 5.41. The smallest absolute Gasteiger partial charge is 0.235 e. The lowest BCUT2D eigenvalue weighted by atomic mass is 9.68. The molecule has 1 saturated carbocycles. The van der Waals surface area contributed by atoms with Gasteiger partial charge in [-0.1, -0.05) is 63.4 Å². The highest BCUT2D eigenvalue weighted by Gasteiger charge is 2.41. The molecule has 1 aliphatic rings. The van der Waals surface area contributed by atoms with Crippen LogP contribution in [-0.2, 0) is 10.2 Å². The molecule has 1 aliphatic carbocycles. The Balaban J connectivity index is 1.85. The standard InChI is InChI=1S/C24H28N2O2/c1-18(2)17-28-21-11-12-22(19(15-21)16-25)26-23(27)24(13-7-4-8-14-24)20-9-5-3-6-10-20/h3,5-6,9-12,15,18H,4,7-8,13-14,17H2,1-2H3,(H,26,27). The number of nitrogens with zero attached hydrogens (tertiary/aromatic N) is 1. The molecule has 4 nitrogen and oxygen atoms in total. The second-order valence-corrected chi connectivity index (χ2v) is 7.99. The zero-order chi connectivity index (χ0) is 20.0. The number of nitriles is 1. The molecular formula is C24H28N2O2. The normalized spacial score (nSPS) is 15.6. The molecule has 1 fully saturated rings. The van der Waals surface area contributed by atoms with E-state index in [1.54, 1.807) is 12.1 Å². The molecule has 3 rings (SSSR count). The summed E-state index contributed by atoms with van der Waals surface area (Å²) in [6.07, 6.45) is 4.90. The van der Waals surface area contributed by atoms with Gasteiger partial charge in [0.05, 0.1) is 23.3 Å². The van der Waals surface area contributed by atoms with Gasteiger partial charge in [0.2, 0.25) is 5.91 Å². The highest BCUT2D eigenvalue weighted by molar-refractivity contribution is 6.00. The summed E-state index contributed by atoms with van der Waals surface area (Å²) in [4.78, 5) is 13.4. The SMILES string of the molecule is CC(C)COc1ccc(NC(=O)C2(c3ccccc3)CCCCC2)c(C#N)c1. The van der Waals surface area contributed by atoms with E-state index in [4.69, 9.17) is 4.74 Å². The highest BCUT2D eigenvalue weighted by atomic mass is 16.5. The number of nitrogens with one attached hydrogen (secondary N) is 1. The molecule has 146 valence electrons. The van der Waals surface area contributed by atoms with Crippen LogP contribution in [0.15, 0.2) is 48.5 Å². The molecule has 0 heterocycles. The molecule has 0 saturated heterocycles. The summed E-state index contributed by atoms with van der Waals surface area (Å²) >= 11 is 0. The lowest BCUT2D eigenvalue weighted by Gasteiger charge is -2.36. The lowest BCUT2D eigenvalue weighted by molar-refractivity contribution is -0.122. The average molecular weight is 377 g/mol. The number of carbonyl (C=O) groups excluding carboxylic acids is 1. The van der Waals surface area contributed by atoms with E-state index in [1.807, 2.05) is 36.4 Å². The summed E-state index contributed by atoms with van der Waals surface area (Å²) in [7, 11) is 0. The van der Waals surface area contributed by atoms with Crippen molar-refractivity contribution in [1.29, 1.82) is 5.26 Å². The van der Waals surface area contributed by atoms with E-state index in [-0.39, 0.29) is 5.91 Å². The first kappa shape index (κ1) is 19.9. The summed E-state index contributed by atoms with van der Waals surface area (Å²) in [6, 6.07) is 17.5. The van der Waals surface area contributed by atoms with Crippen LogP contribution in [0, 0.1) is 17.2 Å². The molecule has 0 aliphatic heterocycles. The van der Waals surface area contributed by atoms with Gasteiger partial charge < -0.3 is 10.1 Å². The van der Waals surface area contributed by atoms with Crippen LogP contribution in [0.4, 0.5) is 5.69 Å². The van der Waals surface area contributed by atoms with Crippen LogP contribution in [0.3, 0.4) is 0 Å². The van der Waals surface area contributed by atoms with E-state index in [2.05, 4.69) is 25.2 Å². The van der Waals surface area contributed by atoms with Crippen molar-refractivity contribution in [1.82, 2.24) is 0 Å². The summed E-state index contributed by atoms with van der Waals surface area (Å²) in [6.45, 7) is 4.74. The Bertz CT molecular complexity index is 847. The first-order chi connectivity index (χ1) is 13.5. The highest BCUT2D eigenvalue weighted by Crippen LogP contribution is 2.40. The predicted octanol–water partition coefficient (Wildman–Crippen LogP) is 5.43. The van der Waals surface area contributed by atoms with Gasteiger partial charge in [-0.3, -0.25) is 4.79 Å². The van der Waals surface area contributed by atoms with E-state index in [0.29, 0.717) is 29.5 Å². The van der Waals surface area contributed by atoms with Crippen LogP contribution in [0.5, 0.6) is 5.75 Å². The molecule has 1 N–H and O–H groups in total. The van der Waals surface area contributed by atoms with Crippen molar-refractivity contribution in [3.05, 3.63) is 59.7 Å². The van der Waals surface area contributed by atoms with Crippen molar-refractivity contribution in [3.63, 3.8) is 0 Å². The van der Waals surface area contributed by atoms with Crippen molar-refractivity contribution in [2.45, 2.75) is 51.4 Å². The average Bonchev–Trinajstić information content (AvgIpc) is 2.74. The van der Waals surface area contributed by atoms with Gasteiger partial charge in [-0.2, -0.15) is 5.26 Å².